The van der Waals surface area contributed by atoms with Crippen LogP contribution < -0.4 is 5.32 Å². The van der Waals surface area contributed by atoms with E-state index in [-0.39, 0.29) is 5.54 Å². The van der Waals surface area contributed by atoms with Gasteiger partial charge in [0.2, 0.25) is 0 Å². The van der Waals surface area contributed by atoms with Crippen molar-refractivity contribution in [3.63, 3.8) is 0 Å². The van der Waals surface area contributed by atoms with Crippen LogP contribution in [0.15, 0.2) is 0 Å². The van der Waals surface area contributed by atoms with Crippen LogP contribution >= 0.6 is 0 Å². The van der Waals surface area contributed by atoms with Crippen molar-refractivity contribution in [3.05, 3.63) is 0 Å². The molecule has 2 aliphatic rings. The first kappa shape index (κ1) is 17.2. The molecule has 3 nitrogen and oxygen atoms in total. The van der Waals surface area contributed by atoms with E-state index < -0.39 is 0 Å². The minimum absolute atomic E-state index is 0.204. The largest absolute Gasteiger partial charge is 0.375 e. The van der Waals surface area contributed by atoms with Gasteiger partial charge >= 0.3 is 0 Å². The number of hydrogen-bond donors (Lipinski definition) is 1. The van der Waals surface area contributed by atoms with Crippen molar-refractivity contribution < 1.29 is 4.74 Å². The highest BCUT2D eigenvalue weighted by Gasteiger charge is 2.39. The van der Waals surface area contributed by atoms with Gasteiger partial charge in [0.25, 0.3) is 0 Å². The minimum atomic E-state index is 0.204. The molecule has 124 valence electrons. The van der Waals surface area contributed by atoms with E-state index in [0.29, 0.717) is 17.6 Å². The first-order valence-corrected chi connectivity index (χ1v) is 8.94. The molecule has 1 saturated carbocycles. The Morgan fingerprint density at radius 2 is 1.95 bits per heavy atom. The number of fused-ring (bicyclic) bond motifs is 1. The lowest BCUT2D eigenvalue weighted by Crippen LogP contribution is -2.54. The fourth-order valence-corrected chi connectivity index (χ4v) is 4.00. The molecule has 1 N–H and O–H groups in total. The van der Waals surface area contributed by atoms with Gasteiger partial charge in [-0.2, -0.15) is 0 Å². The van der Waals surface area contributed by atoms with Gasteiger partial charge in [0, 0.05) is 31.2 Å². The van der Waals surface area contributed by atoms with Gasteiger partial charge in [-0.15, -0.1) is 0 Å². The van der Waals surface area contributed by atoms with Crippen LogP contribution in [0, 0.1) is 5.41 Å². The van der Waals surface area contributed by atoms with Crippen molar-refractivity contribution >= 4 is 0 Å². The van der Waals surface area contributed by atoms with E-state index in [2.05, 4.69) is 44.8 Å². The maximum absolute atomic E-state index is 5.96. The van der Waals surface area contributed by atoms with Gasteiger partial charge in [-0.25, -0.2) is 0 Å². The van der Waals surface area contributed by atoms with Crippen molar-refractivity contribution in [1.29, 1.82) is 0 Å². The molecular formula is C18H36N2O. The van der Waals surface area contributed by atoms with Crippen LogP contribution in [-0.2, 0) is 4.74 Å². The van der Waals surface area contributed by atoms with Crippen LogP contribution in [0.5, 0.6) is 0 Å². The van der Waals surface area contributed by atoms with Crippen LogP contribution in [-0.4, -0.2) is 48.8 Å². The molecule has 0 spiro atoms. The maximum atomic E-state index is 5.96. The summed E-state index contributed by atoms with van der Waals surface area (Å²) in [5.41, 5.74) is 0.572. The second kappa shape index (κ2) is 6.97. The average Bonchev–Trinajstić information content (AvgIpc) is 2.86. The van der Waals surface area contributed by atoms with Gasteiger partial charge in [0.1, 0.15) is 0 Å². The topological polar surface area (TPSA) is 24.5 Å². The molecule has 2 rings (SSSR count). The molecule has 21 heavy (non-hydrogen) atoms. The van der Waals surface area contributed by atoms with E-state index in [1.165, 1.54) is 38.6 Å². The lowest BCUT2D eigenvalue weighted by atomic mass is 9.83. The highest BCUT2D eigenvalue weighted by molar-refractivity contribution is 4.93. The Hall–Kier alpha value is -0.120. The monoisotopic (exact) mass is 296 g/mol. The summed E-state index contributed by atoms with van der Waals surface area (Å²) >= 11 is 0. The third-order valence-corrected chi connectivity index (χ3v) is 5.08. The molecule has 1 aliphatic heterocycles. The van der Waals surface area contributed by atoms with Crippen molar-refractivity contribution in [2.24, 2.45) is 5.41 Å². The van der Waals surface area contributed by atoms with Crippen LogP contribution in [0.2, 0.25) is 0 Å². The Bertz CT molecular complexity index is 326. The molecule has 1 aliphatic carbocycles. The Kier molecular flexibility index (Phi) is 5.72. The summed E-state index contributed by atoms with van der Waals surface area (Å²) in [6, 6.07) is 0.685. The van der Waals surface area contributed by atoms with Gasteiger partial charge in [-0.05, 0) is 51.9 Å². The number of nitrogens with zero attached hydrogens (tertiary/aromatic N) is 1. The summed E-state index contributed by atoms with van der Waals surface area (Å²) in [6.45, 7) is 15.9. The number of ether oxygens (including phenoxy) is 1. The van der Waals surface area contributed by atoms with Crippen LogP contribution in [0.3, 0.4) is 0 Å². The molecule has 3 heteroatoms. The summed E-state index contributed by atoms with van der Waals surface area (Å²) in [5, 5.41) is 3.74. The summed E-state index contributed by atoms with van der Waals surface area (Å²) in [4.78, 5) is 2.74. The second-order valence-electron chi connectivity index (χ2n) is 8.54. The highest BCUT2D eigenvalue weighted by Crippen LogP contribution is 2.33. The van der Waals surface area contributed by atoms with Gasteiger partial charge < -0.3 is 10.1 Å². The first-order chi connectivity index (χ1) is 9.83. The van der Waals surface area contributed by atoms with E-state index in [0.717, 1.165) is 19.7 Å². The predicted octanol–water partition coefficient (Wildman–Crippen LogP) is 3.43. The SMILES string of the molecule is CCCC(C)(CNC(C)(C)C)CN1CCOC2CCCC21. The zero-order chi connectivity index (χ0) is 15.5. The van der Waals surface area contributed by atoms with E-state index in [4.69, 9.17) is 4.74 Å². The van der Waals surface area contributed by atoms with Crippen molar-refractivity contribution in [3.8, 4) is 0 Å². The summed E-state index contributed by atoms with van der Waals surface area (Å²) in [7, 11) is 0. The van der Waals surface area contributed by atoms with Crippen molar-refractivity contribution in [1.82, 2.24) is 10.2 Å². The standard InChI is InChI=1S/C18H36N2O/c1-6-10-18(5,13-19-17(2,3)4)14-20-11-12-21-16-9-7-8-15(16)20/h15-16,19H,6-14H2,1-5H3. The van der Waals surface area contributed by atoms with E-state index >= 15 is 0 Å². The zero-order valence-electron chi connectivity index (χ0n) is 14.9. The van der Waals surface area contributed by atoms with E-state index in [1.807, 2.05) is 0 Å². The number of nitrogens with one attached hydrogen (secondary N) is 1. The summed E-state index contributed by atoms with van der Waals surface area (Å²) in [5.74, 6) is 0. The third kappa shape index (κ3) is 4.94. The molecule has 2 fully saturated rings. The van der Waals surface area contributed by atoms with Gasteiger partial charge in [0.15, 0.2) is 0 Å². The van der Waals surface area contributed by atoms with Crippen molar-refractivity contribution in [2.45, 2.75) is 84.4 Å². The van der Waals surface area contributed by atoms with Crippen LogP contribution in [0.25, 0.3) is 0 Å². The minimum Gasteiger partial charge on any atom is -0.375 e. The third-order valence-electron chi connectivity index (χ3n) is 5.08. The zero-order valence-corrected chi connectivity index (χ0v) is 14.9. The molecular weight excluding hydrogens is 260 g/mol. The van der Waals surface area contributed by atoms with Crippen molar-refractivity contribution in [2.75, 3.05) is 26.2 Å². The van der Waals surface area contributed by atoms with E-state index in [1.54, 1.807) is 0 Å². The van der Waals surface area contributed by atoms with E-state index in [9.17, 15) is 0 Å². The lowest BCUT2D eigenvalue weighted by Gasteiger charge is -2.44. The lowest BCUT2D eigenvalue weighted by molar-refractivity contribution is -0.0682. The molecule has 0 amide bonds. The first-order valence-electron chi connectivity index (χ1n) is 8.94. The maximum Gasteiger partial charge on any atom is 0.0730 e. The Balaban J connectivity index is 1.97. The fourth-order valence-electron chi connectivity index (χ4n) is 4.00. The highest BCUT2D eigenvalue weighted by atomic mass is 16.5. The normalized spacial score (nSPS) is 30.1. The summed E-state index contributed by atoms with van der Waals surface area (Å²) < 4.78 is 5.96. The van der Waals surface area contributed by atoms with Gasteiger partial charge in [0.05, 0.1) is 12.7 Å². The average molecular weight is 296 g/mol. The molecule has 0 radical (unpaired) electrons. The molecule has 1 heterocycles. The number of morpholine rings is 1. The van der Waals surface area contributed by atoms with Crippen LogP contribution in [0.1, 0.15) is 66.7 Å². The Labute approximate surface area is 131 Å². The Morgan fingerprint density at radius 3 is 2.62 bits per heavy atom. The number of hydrogen-bond acceptors (Lipinski definition) is 3. The Morgan fingerprint density at radius 1 is 1.19 bits per heavy atom. The molecule has 0 aromatic rings. The fraction of sp³-hybridized carbons (Fsp3) is 1.00. The van der Waals surface area contributed by atoms with Gasteiger partial charge in [-0.3, -0.25) is 4.90 Å². The quantitative estimate of drug-likeness (QED) is 0.812. The smallest absolute Gasteiger partial charge is 0.0730 e. The molecule has 0 aromatic heterocycles. The van der Waals surface area contributed by atoms with Crippen LogP contribution in [0.4, 0.5) is 0 Å². The number of rotatable bonds is 6. The predicted molar refractivity (Wildman–Crippen MR) is 89.7 cm³/mol. The van der Waals surface area contributed by atoms with Gasteiger partial charge in [-0.1, -0.05) is 20.3 Å². The molecule has 0 bridgehead atoms. The molecule has 3 unspecified atom stereocenters. The summed E-state index contributed by atoms with van der Waals surface area (Å²) in [6.07, 6.45) is 7.02. The molecule has 3 atom stereocenters. The molecule has 1 saturated heterocycles. The molecule has 0 aromatic carbocycles. The second-order valence-corrected chi connectivity index (χ2v) is 8.54.